The third kappa shape index (κ3) is 5.88. The molecule has 4 nitrogen and oxygen atoms in total. The second kappa shape index (κ2) is 14.3. The van der Waals surface area contributed by atoms with Crippen molar-refractivity contribution >= 4 is 54.1 Å². The lowest BCUT2D eigenvalue weighted by molar-refractivity contribution is 1.08. The van der Waals surface area contributed by atoms with E-state index in [4.69, 9.17) is 15.0 Å². The molecule has 0 bridgehead atoms. The Balaban J connectivity index is 1.02. The monoisotopic (exact) mass is 776 g/mol. The van der Waals surface area contributed by atoms with Crippen molar-refractivity contribution < 1.29 is 0 Å². The summed E-state index contributed by atoms with van der Waals surface area (Å²) in [5, 5.41) is 9.75. The molecule has 12 rings (SSSR count). The van der Waals surface area contributed by atoms with Crippen molar-refractivity contribution in [2.45, 2.75) is 0 Å². The van der Waals surface area contributed by atoms with Crippen LogP contribution in [0.5, 0.6) is 0 Å². The van der Waals surface area contributed by atoms with E-state index in [0.29, 0.717) is 17.5 Å². The molecule has 0 amide bonds. The summed E-state index contributed by atoms with van der Waals surface area (Å²) in [5.74, 6) is 1.89. The summed E-state index contributed by atoms with van der Waals surface area (Å²) in [6, 6.07) is 77.6. The highest BCUT2D eigenvalue weighted by molar-refractivity contribution is 6.20. The first-order chi connectivity index (χ1) is 30.2. The van der Waals surface area contributed by atoms with Gasteiger partial charge in [-0.2, -0.15) is 0 Å². The van der Waals surface area contributed by atoms with Crippen LogP contribution in [0.4, 0.5) is 0 Å². The van der Waals surface area contributed by atoms with Crippen LogP contribution >= 0.6 is 0 Å². The molecule has 2 aromatic heterocycles. The summed E-state index contributed by atoms with van der Waals surface area (Å²) in [6.07, 6.45) is 0. The fourth-order valence-corrected chi connectivity index (χ4v) is 9.23. The van der Waals surface area contributed by atoms with Gasteiger partial charge in [0.1, 0.15) is 0 Å². The number of nitrogens with zero attached hydrogens (tertiary/aromatic N) is 4. The first-order valence-corrected chi connectivity index (χ1v) is 20.7. The average Bonchev–Trinajstić information content (AvgIpc) is 3.68. The topological polar surface area (TPSA) is 43.6 Å². The van der Waals surface area contributed by atoms with Crippen LogP contribution < -0.4 is 0 Å². The number of benzene rings is 10. The Morgan fingerprint density at radius 3 is 1.66 bits per heavy atom. The van der Waals surface area contributed by atoms with Gasteiger partial charge in [0.05, 0.1) is 11.0 Å². The van der Waals surface area contributed by atoms with E-state index in [-0.39, 0.29) is 0 Å². The SMILES string of the molecule is c1ccc(-c2nc(-c3cccc(-c4cccc(-c5c6ccccc6cc6c5ccc5ccccc56)c4)c3)nc(-c3cccc4c3c3ccccc3n4-c3ccccc3)n2)cc1. The van der Waals surface area contributed by atoms with Crippen molar-refractivity contribution in [1.29, 1.82) is 0 Å². The summed E-state index contributed by atoms with van der Waals surface area (Å²) >= 11 is 0. The van der Waals surface area contributed by atoms with Crippen molar-refractivity contribution in [2.75, 3.05) is 0 Å². The number of rotatable bonds is 6. The molecule has 12 aromatic rings. The van der Waals surface area contributed by atoms with E-state index in [1.165, 1.54) is 43.4 Å². The second-order valence-electron chi connectivity index (χ2n) is 15.6. The number of aromatic nitrogens is 4. The zero-order valence-corrected chi connectivity index (χ0v) is 33.1. The second-order valence-corrected chi connectivity index (χ2v) is 15.6. The maximum absolute atomic E-state index is 5.30. The highest BCUT2D eigenvalue weighted by Gasteiger charge is 2.20. The van der Waals surface area contributed by atoms with E-state index in [9.17, 15) is 0 Å². The molecule has 2 heterocycles. The van der Waals surface area contributed by atoms with Gasteiger partial charge in [0.2, 0.25) is 0 Å². The van der Waals surface area contributed by atoms with Gasteiger partial charge >= 0.3 is 0 Å². The molecular weight excluding hydrogens is 741 g/mol. The minimum atomic E-state index is 0.623. The van der Waals surface area contributed by atoms with E-state index in [2.05, 4.69) is 205 Å². The zero-order chi connectivity index (χ0) is 40.3. The Morgan fingerprint density at radius 1 is 0.295 bits per heavy atom. The van der Waals surface area contributed by atoms with Crippen molar-refractivity contribution in [3.63, 3.8) is 0 Å². The average molecular weight is 777 g/mol. The lowest BCUT2D eigenvalue weighted by atomic mass is 9.89. The molecule has 0 aliphatic heterocycles. The standard InChI is InChI=1S/C57H36N4/c1-3-17-38(18-4-1)55-58-56(60-57(59-55)49-29-15-31-52-54(49)48-28-11-12-30-51(48)61(52)44-24-5-2-6-25-44)43-23-14-21-40(35-43)39-20-13-22-42(34-39)53-46-27-10-8-19-41(46)36-50-45-26-9-7-16-37(45)32-33-47(50)53/h1-36H. The molecule has 0 aliphatic carbocycles. The number of para-hydroxylation sites is 2. The van der Waals surface area contributed by atoms with Gasteiger partial charge in [-0.1, -0.05) is 176 Å². The van der Waals surface area contributed by atoms with Gasteiger partial charge in [-0.3, -0.25) is 0 Å². The van der Waals surface area contributed by atoms with Gasteiger partial charge in [0.15, 0.2) is 17.5 Å². The minimum absolute atomic E-state index is 0.623. The Labute approximate surface area is 352 Å². The van der Waals surface area contributed by atoms with Crippen LogP contribution in [0.25, 0.3) is 116 Å². The highest BCUT2D eigenvalue weighted by atomic mass is 15.0. The van der Waals surface area contributed by atoms with Crippen molar-refractivity contribution in [3.8, 4) is 62.1 Å². The van der Waals surface area contributed by atoms with Crippen LogP contribution in [-0.2, 0) is 0 Å². The van der Waals surface area contributed by atoms with Crippen LogP contribution in [0.1, 0.15) is 0 Å². The largest absolute Gasteiger partial charge is 0.309 e. The Bertz CT molecular complexity index is 3650. The molecule has 0 saturated carbocycles. The third-order valence-electron chi connectivity index (χ3n) is 12.0. The van der Waals surface area contributed by atoms with E-state index in [1.807, 2.05) is 18.2 Å². The molecule has 0 atom stereocenters. The lowest BCUT2D eigenvalue weighted by Gasteiger charge is -2.15. The van der Waals surface area contributed by atoms with Gasteiger partial charge < -0.3 is 4.57 Å². The quantitative estimate of drug-likeness (QED) is 0.125. The summed E-state index contributed by atoms with van der Waals surface area (Å²) in [7, 11) is 0. The van der Waals surface area contributed by atoms with Gasteiger partial charge in [-0.05, 0) is 97.0 Å². The fourth-order valence-electron chi connectivity index (χ4n) is 9.23. The van der Waals surface area contributed by atoms with Gasteiger partial charge in [-0.15, -0.1) is 0 Å². The lowest BCUT2D eigenvalue weighted by Crippen LogP contribution is -2.00. The van der Waals surface area contributed by atoms with Crippen molar-refractivity contribution in [3.05, 3.63) is 218 Å². The molecule has 0 radical (unpaired) electrons. The van der Waals surface area contributed by atoms with Crippen molar-refractivity contribution in [2.24, 2.45) is 0 Å². The molecular formula is C57H36N4. The molecule has 0 saturated heterocycles. The van der Waals surface area contributed by atoms with E-state index in [1.54, 1.807) is 0 Å². The van der Waals surface area contributed by atoms with Gasteiger partial charge in [-0.25, -0.2) is 15.0 Å². The van der Waals surface area contributed by atoms with Gasteiger partial charge in [0, 0.05) is 33.2 Å². The highest BCUT2D eigenvalue weighted by Crippen LogP contribution is 2.42. The molecule has 0 unspecified atom stereocenters. The van der Waals surface area contributed by atoms with E-state index >= 15 is 0 Å². The molecule has 0 aliphatic rings. The molecule has 0 fully saturated rings. The molecule has 284 valence electrons. The van der Waals surface area contributed by atoms with Crippen LogP contribution in [0, 0.1) is 0 Å². The number of hydrogen-bond donors (Lipinski definition) is 0. The smallest absolute Gasteiger partial charge is 0.164 e. The predicted molar refractivity (Wildman–Crippen MR) is 254 cm³/mol. The molecule has 0 spiro atoms. The molecule has 4 heteroatoms. The maximum Gasteiger partial charge on any atom is 0.164 e. The number of fused-ring (bicyclic) bond motifs is 7. The number of hydrogen-bond acceptors (Lipinski definition) is 3. The maximum atomic E-state index is 5.30. The summed E-state index contributed by atoms with van der Waals surface area (Å²) in [5.41, 5.74) is 10.8. The summed E-state index contributed by atoms with van der Waals surface area (Å²) < 4.78 is 2.33. The third-order valence-corrected chi connectivity index (χ3v) is 12.0. The zero-order valence-electron chi connectivity index (χ0n) is 33.1. The molecule has 0 N–H and O–H groups in total. The Hall–Kier alpha value is -8.21. The minimum Gasteiger partial charge on any atom is -0.309 e. The van der Waals surface area contributed by atoms with E-state index in [0.717, 1.165) is 55.3 Å². The van der Waals surface area contributed by atoms with Crippen molar-refractivity contribution in [1.82, 2.24) is 19.5 Å². The normalized spacial score (nSPS) is 11.6. The van der Waals surface area contributed by atoms with E-state index < -0.39 is 0 Å². The summed E-state index contributed by atoms with van der Waals surface area (Å²) in [6.45, 7) is 0. The Kier molecular flexibility index (Phi) is 8.13. The van der Waals surface area contributed by atoms with Crippen LogP contribution in [0.15, 0.2) is 218 Å². The summed E-state index contributed by atoms with van der Waals surface area (Å²) in [4.78, 5) is 15.7. The molecule has 10 aromatic carbocycles. The first kappa shape index (κ1) is 34.8. The predicted octanol–water partition coefficient (Wildman–Crippen LogP) is 14.8. The van der Waals surface area contributed by atoms with Crippen LogP contribution in [0.2, 0.25) is 0 Å². The van der Waals surface area contributed by atoms with Crippen LogP contribution in [0.3, 0.4) is 0 Å². The molecule has 61 heavy (non-hydrogen) atoms. The van der Waals surface area contributed by atoms with Crippen LogP contribution in [-0.4, -0.2) is 19.5 Å². The van der Waals surface area contributed by atoms with Gasteiger partial charge in [0.25, 0.3) is 0 Å². The first-order valence-electron chi connectivity index (χ1n) is 20.7. The Morgan fingerprint density at radius 2 is 0.852 bits per heavy atom. The fraction of sp³-hybridized carbons (Fsp3) is 0.